The van der Waals surface area contributed by atoms with E-state index in [4.69, 9.17) is 9.05 Å². The number of hydrogen-bond donors (Lipinski definition) is 1. The Morgan fingerprint density at radius 2 is 1.45 bits per heavy atom. The smallest absolute Gasteiger partial charge is 0.364 e. The number of benzene rings is 1. The molecule has 0 heterocycles. The first-order valence-electron chi connectivity index (χ1n) is 7.20. The Kier molecular flexibility index (Phi) is 6.45. The fraction of sp³-hybridized carbons (Fsp3) is 0.625. The molecule has 1 aromatic rings. The van der Waals surface area contributed by atoms with Crippen LogP contribution in [0, 0.1) is 0 Å². The first-order valence-corrected chi connectivity index (χ1v) is 9.94. The van der Waals surface area contributed by atoms with Gasteiger partial charge in [-0.05, 0) is 52.7 Å². The van der Waals surface area contributed by atoms with Crippen molar-refractivity contribution in [3.05, 3.63) is 35.4 Å². The van der Waals surface area contributed by atoms with Crippen LogP contribution < -0.4 is 0 Å². The summed E-state index contributed by atoms with van der Waals surface area (Å²) >= 11 is 3.37. The molecule has 0 fully saturated rings. The number of alkyl halides is 1. The minimum Gasteiger partial charge on any atom is -0.376 e. The highest BCUT2D eigenvalue weighted by Gasteiger charge is 2.42. The van der Waals surface area contributed by atoms with Crippen molar-refractivity contribution < 1.29 is 18.7 Å². The summed E-state index contributed by atoms with van der Waals surface area (Å²) in [6.07, 6.45) is 0. The maximum Gasteiger partial charge on any atom is 0.364 e. The minimum atomic E-state index is -3.76. The summed E-state index contributed by atoms with van der Waals surface area (Å²) in [5.74, 6) is -1.32. The molecule has 22 heavy (non-hydrogen) atoms. The molecule has 4 nitrogen and oxygen atoms in total. The van der Waals surface area contributed by atoms with Gasteiger partial charge in [0.15, 0.2) is 5.85 Å². The Hall–Kier alpha value is -0.190. The second-order valence-corrected chi connectivity index (χ2v) is 9.69. The number of halogens is 1. The number of aliphatic hydroxyl groups is 1. The molecule has 0 aliphatic rings. The SMILES string of the molecule is CC(C)(C)OP(=O)(OC(C)(C)C)C(O)c1ccc(CBr)cc1. The van der Waals surface area contributed by atoms with E-state index in [1.54, 1.807) is 53.7 Å². The van der Waals surface area contributed by atoms with Gasteiger partial charge in [0.25, 0.3) is 0 Å². The quantitative estimate of drug-likeness (QED) is 0.538. The summed E-state index contributed by atoms with van der Waals surface area (Å²) in [7, 11) is -3.76. The molecule has 1 unspecified atom stereocenters. The lowest BCUT2D eigenvalue weighted by molar-refractivity contribution is 0.0271. The van der Waals surface area contributed by atoms with Crippen LogP contribution in [0.4, 0.5) is 0 Å². The molecular formula is C16H26BrO4P. The zero-order valence-corrected chi connectivity index (χ0v) is 16.6. The maximum absolute atomic E-state index is 13.2. The second-order valence-electron chi connectivity index (χ2n) is 7.20. The Balaban J connectivity index is 3.15. The van der Waals surface area contributed by atoms with Crippen molar-refractivity contribution in [3.63, 3.8) is 0 Å². The van der Waals surface area contributed by atoms with E-state index in [1.165, 1.54) is 0 Å². The van der Waals surface area contributed by atoms with Gasteiger partial charge in [-0.1, -0.05) is 40.2 Å². The van der Waals surface area contributed by atoms with Gasteiger partial charge in [0.1, 0.15) is 0 Å². The fourth-order valence-electron chi connectivity index (χ4n) is 1.84. The van der Waals surface area contributed by atoms with Crippen molar-refractivity contribution >= 4 is 23.5 Å². The molecule has 6 heteroatoms. The van der Waals surface area contributed by atoms with Crippen molar-refractivity contribution in [1.29, 1.82) is 0 Å². The molecule has 0 amide bonds. The summed E-state index contributed by atoms with van der Waals surface area (Å²) in [6.45, 7) is 10.7. The lowest BCUT2D eigenvalue weighted by atomic mass is 10.2. The minimum absolute atomic E-state index is 0.515. The van der Waals surface area contributed by atoms with Gasteiger partial charge in [0.05, 0.1) is 11.2 Å². The molecule has 0 aromatic heterocycles. The molecule has 1 atom stereocenters. The summed E-state index contributed by atoms with van der Waals surface area (Å²) in [5, 5.41) is 11.3. The molecule has 126 valence electrons. The van der Waals surface area contributed by atoms with E-state index in [0.717, 1.165) is 10.9 Å². The summed E-state index contributed by atoms with van der Waals surface area (Å²) in [5.41, 5.74) is 0.190. The van der Waals surface area contributed by atoms with Crippen LogP contribution in [-0.2, 0) is 18.9 Å². The normalized spacial score (nSPS) is 14.9. The first-order chi connectivity index (χ1) is 9.86. The number of aliphatic hydroxyl groups excluding tert-OH is 1. The van der Waals surface area contributed by atoms with Crippen LogP contribution in [0.25, 0.3) is 0 Å². The number of hydrogen-bond acceptors (Lipinski definition) is 4. The van der Waals surface area contributed by atoms with Gasteiger partial charge in [-0.25, -0.2) is 0 Å². The van der Waals surface area contributed by atoms with Crippen LogP contribution in [0.15, 0.2) is 24.3 Å². The average Bonchev–Trinajstić information content (AvgIpc) is 2.33. The third-order valence-corrected chi connectivity index (χ3v) is 5.68. The Morgan fingerprint density at radius 1 is 1.05 bits per heavy atom. The third kappa shape index (κ3) is 6.13. The number of rotatable bonds is 5. The van der Waals surface area contributed by atoms with Crippen LogP contribution >= 0.6 is 23.5 Å². The molecule has 0 spiro atoms. The molecule has 0 saturated heterocycles. The third-order valence-electron chi connectivity index (χ3n) is 2.53. The van der Waals surface area contributed by atoms with Crippen LogP contribution in [0.5, 0.6) is 0 Å². The van der Waals surface area contributed by atoms with Gasteiger partial charge in [-0.15, -0.1) is 0 Å². The van der Waals surface area contributed by atoms with E-state index in [0.29, 0.717) is 5.56 Å². The van der Waals surface area contributed by atoms with E-state index < -0.39 is 24.6 Å². The van der Waals surface area contributed by atoms with Gasteiger partial charge in [0.2, 0.25) is 0 Å². The van der Waals surface area contributed by atoms with Crippen molar-refractivity contribution in [2.24, 2.45) is 0 Å². The predicted molar refractivity (Wildman–Crippen MR) is 93.3 cm³/mol. The summed E-state index contributed by atoms with van der Waals surface area (Å²) < 4.78 is 24.5. The summed E-state index contributed by atoms with van der Waals surface area (Å²) in [4.78, 5) is 0. The molecule has 1 rings (SSSR count). The van der Waals surface area contributed by atoms with E-state index in [2.05, 4.69) is 15.9 Å². The predicted octanol–water partition coefficient (Wildman–Crippen LogP) is 5.40. The van der Waals surface area contributed by atoms with Crippen LogP contribution in [0.3, 0.4) is 0 Å². The molecule has 1 aromatic carbocycles. The molecular weight excluding hydrogens is 367 g/mol. The van der Waals surface area contributed by atoms with Crippen molar-refractivity contribution in [2.75, 3.05) is 0 Å². The lowest BCUT2D eigenvalue weighted by Crippen LogP contribution is -2.26. The van der Waals surface area contributed by atoms with E-state index >= 15 is 0 Å². The fourth-order valence-corrected chi connectivity index (χ4v) is 4.52. The van der Waals surface area contributed by atoms with E-state index in [-0.39, 0.29) is 0 Å². The molecule has 0 radical (unpaired) electrons. The van der Waals surface area contributed by atoms with Gasteiger partial charge in [-0.2, -0.15) is 0 Å². The lowest BCUT2D eigenvalue weighted by Gasteiger charge is -2.34. The van der Waals surface area contributed by atoms with Gasteiger partial charge >= 0.3 is 7.60 Å². The monoisotopic (exact) mass is 392 g/mol. The van der Waals surface area contributed by atoms with E-state index in [1.807, 2.05) is 12.1 Å². The standard InChI is InChI=1S/C16H26BrO4P/c1-15(2,3)20-22(19,21-16(4,5)6)14(18)13-9-7-12(11-17)8-10-13/h7-10,14,18H,11H2,1-6H3. The van der Waals surface area contributed by atoms with Crippen LogP contribution in [-0.4, -0.2) is 16.3 Å². The summed E-state index contributed by atoms with van der Waals surface area (Å²) in [6, 6.07) is 7.22. The largest absolute Gasteiger partial charge is 0.376 e. The average molecular weight is 393 g/mol. The zero-order valence-electron chi connectivity index (χ0n) is 14.1. The molecule has 0 aliphatic heterocycles. The molecule has 0 bridgehead atoms. The molecule has 0 aliphatic carbocycles. The van der Waals surface area contributed by atoms with Crippen LogP contribution in [0.1, 0.15) is 58.5 Å². The van der Waals surface area contributed by atoms with Crippen molar-refractivity contribution in [3.8, 4) is 0 Å². The van der Waals surface area contributed by atoms with E-state index in [9.17, 15) is 9.67 Å². The molecule has 1 N–H and O–H groups in total. The maximum atomic E-state index is 13.2. The Labute approximate surface area is 141 Å². The Morgan fingerprint density at radius 3 is 1.77 bits per heavy atom. The van der Waals surface area contributed by atoms with Gasteiger partial charge in [-0.3, -0.25) is 4.57 Å². The van der Waals surface area contributed by atoms with Crippen molar-refractivity contribution in [1.82, 2.24) is 0 Å². The zero-order chi connectivity index (χ0) is 17.2. The van der Waals surface area contributed by atoms with Crippen LogP contribution in [0.2, 0.25) is 0 Å². The molecule has 0 saturated carbocycles. The second kappa shape index (κ2) is 7.14. The van der Waals surface area contributed by atoms with Crippen molar-refractivity contribution in [2.45, 2.75) is 63.9 Å². The van der Waals surface area contributed by atoms with Gasteiger partial charge < -0.3 is 14.2 Å². The first kappa shape index (κ1) is 19.9. The topological polar surface area (TPSA) is 55.8 Å². The highest BCUT2D eigenvalue weighted by Crippen LogP contribution is 2.63. The van der Waals surface area contributed by atoms with Gasteiger partial charge in [0, 0.05) is 5.33 Å². The highest BCUT2D eigenvalue weighted by molar-refractivity contribution is 9.08. The highest BCUT2D eigenvalue weighted by atomic mass is 79.9. The Bertz CT molecular complexity index is 509.